The van der Waals surface area contributed by atoms with Gasteiger partial charge in [-0.15, -0.1) is 0 Å². The summed E-state index contributed by atoms with van der Waals surface area (Å²) in [5.41, 5.74) is 6.74. The van der Waals surface area contributed by atoms with Crippen LogP contribution in [0, 0.1) is 0 Å². The normalized spacial score (nSPS) is 11.6. The van der Waals surface area contributed by atoms with Crippen molar-refractivity contribution >= 4 is 31.6 Å². The Morgan fingerprint density at radius 1 is 1.44 bits per heavy atom. The number of hydrogen-bond donors (Lipinski definition) is 3. The topological polar surface area (TPSA) is 101 Å². The second-order valence-corrected chi connectivity index (χ2v) is 6.18. The molecule has 0 amide bonds. The summed E-state index contributed by atoms with van der Waals surface area (Å²) in [6, 6.07) is 4.54. The molecule has 8 heteroatoms. The van der Waals surface area contributed by atoms with Crippen LogP contribution in [0.25, 0.3) is 0 Å². The van der Waals surface area contributed by atoms with Gasteiger partial charge >= 0.3 is 0 Å². The highest BCUT2D eigenvalue weighted by Crippen LogP contribution is 2.24. The van der Waals surface area contributed by atoms with Crippen molar-refractivity contribution in [3.05, 3.63) is 40.9 Å². The molecule has 1 heterocycles. The number of halogens is 1. The molecule has 96 valence electrons. The van der Waals surface area contributed by atoms with Crippen molar-refractivity contribution in [1.29, 1.82) is 0 Å². The van der Waals surface area contributed by atoms with Gasteiger partial charge in [0, 0.05) is 22.1 Å². The largest absolute Gasteiger partial charge is 0.399 e. The number of hydrogen-bond acceptors (Lipinski definition) is 4. The molecule has 6 nitrogen and oxygen atoms in total. The molecule has 2 aromatic rings. The molecule has 2 rings (SSSR count). The third kappa shape index (κ3) is 2.89. The monoisotopic (exact) mass is 330 g/mol. The highest BCUT2D eigenvalue weighted by atomic mass is 79.9. The predicted octanol–water partition coefficient (Wildman–Crippen LogP) is 1.23. The van der Waals surface area contributed by atoms with Gasteiger partial charge in [0.15, 0.2) is 0 Å². The zero-order chi connectivity index (χ0) is 13.2. The van der Waals surface area contributed by atoms with Gasteiger partial charge in [-0.05, 0) is 34.1 Å². The summed E-state index contributed by atoms with van der Waals surface area (Å²) in [4.78, 5) is 6.77. The fraction of sp³-hybridized carbons (Fsp3) is 0.100. The quantitative estimate of drug-likeness (QED) is 0.734. The molecule has 4 N–H and O–H groups in total. The summed E-state index contributed by atoms with van der Waals surface area (Å²) in [6.45, 7) is 0.152. The van der Waals surface area contributed by atoms with E-state index in [1.165, 1.54) is 18.5 Å². The molecule has 1 aromatic carbocycles. The third-order valence-corrected chi connectivity index (χ3v) is 4.63. The maximum Gasteiger partial charge on any atom is 0.242 e. The van der Waals surface area contributed by atoms with Crippen LogP contribution >= 0.6 is 15.9 Å². The second kappa shape index (κ2) is 5.09. The van der Waals surface area contributed by atoms with E-state index in [2.05, 4.69) is 30.6 Å². The Kier molecular flexibility index (Phi) is 3.69. The maximum atomic E-state index is 12.0. The molecule has 0 saturated carbocycles. The number of anilines is 1. The highest BCUT2D eigenvalue weighted by molar-refractivity contribution is 9.10. The van der Waals surface area contributed by atoms with E-state index in [-0.39, 0.29) is 11.4 Å². The van der Waals surface area contributed by atoms with Crippen LogP contribution in [0.15, 0.2) is 40.1 Å². The first-order chi connectivity index (χ1) is 8.49. The maximum absolute atomic E-state index is 12.0. The smallest absolute Gasteiger partial charge is 0.242 e. The first-order valence-corrected chi connectivity index (χ1v) is 7.28. The first kappa shape index (κ1) is 13.1. The van der Waals surface area contributed by atoms with E-state index in [1.54, 1.807) is 12.3 Å². The van der Waals surface area contributed by atoms with Crippen LogP contribution in [-0.2, 0) is 16.6 Å². The van der Waals surface area contributed by atoms with E-state index >= 15 is 0 Å². The Hall–Kier alpha value is -1.38. The minimum atomic E-state index is -3.58. The zero-order valence-electron chi connectivity index (χ0n) is 9.22. The highest BCUT2D eigenvalue weighted by Gasteiger charge is 2.17. The second-order valence-electron chi connectivity index (χ2n) is 3.59. The number of aromatic amines is 1. The van der Waals surface area contributed by atoms with E-state index in [1.807, 2.05) is 0 Å². The van der Waals surface area contributed by atoms with Crippen LogP contribution in [0.1, 0.15) is 5.69 Å². The molecule has 0 aliphatic heterocycles. The number of nitrogens with zero attached hydrogens (tertiary/aromatic N) is 1. The minimum absolute atomic E-state index is 0.149. The molecule has 0 saturated heterocycles. The number of sulfonamides is 1. The molecule has 0 unspecified atom stereocenters. The average molecular weight is 331 g/mol. The number of aromatic nitrogens is 2. The van der Waals surface area contributed by atoms with Gasteiger partial charge in [0.1, 0.15) is 0 Å². The van der Waals surface area contributed by atoms with Crippen molar-refractivity contribution in [2.45, 2.75) is 11.4 Å². The van der Waals surface area contributed by atoms with Crippen LogP contribution in [0.4, 0.5) is 5.69 Å². The number of rotatable bonds is 4. The molecule has 0 aliphatic carbocycles. The summed E-state index contributed by atoms with van der Waals surface area (Å²) in [6.07, 6.45) is 3.04. The summed E-state index contributed by atoms with van der Waals surface area (Å²) < 4.78 is 27.0. The van der Waals surface area contributed by atoms with Crippen LogP contribution < -0.4 is 10.5 Å². The van der Waals surface area contributed by atoms with E-state index in [0.717, 1.165) is 0 Å². The minimum Gasteiger partial charge on any atom is -0.399 e. The molecule has 0 atom stereocenters. The van der Waals surface area contributed by atoms with Gasteiger partial charge in [-0.25, -0.2) is 18.1 Å². The van der Waals surface area contributed by atoms with Crippen molar-refractivity contribution in [3.8, 4) is 0 Å². The van der Waals surface area contributed by atoms with E-state index in [9.17, 15) is 8.42 Å². The number of imidazole rings is 1. The standard InChI is InChI=1S/C10H11BrN4O2S/c11-9-3-7(12)1-2-10(9)18(16,17)15-5-8-4-13-6-14-8/h1-4,6,15H,5,12H2,(H,13,14). The third-order valence-electron chi connectivity index (χ3n) is 2.25. The van der Waals surface area contributed by atoms with Crippen molar-refractivity contribution in [3.63, 3.8) is 0 Å². The number of nitrogens with one attached hydrogen (secondary N) is 2. The van der Waals surface area contributed by atoms with Crippen molar-refractivity contribution in [1.82, 2.24) is 14.7 Å². The summed E-state index contributed by atoms with van der Waals surface area (Å²) in [5.74, 6) is 0. The van der Waals surface area contributed by atoms with Crippen LogP contribution in [-0.4, -0.2) is 18.4 Å². The fourth-order valence-electron chi connectivity index (χ4n) is 1.37. The van der Waals surface area contributed by atoms with Gasteiger partial charge in [-0.1, -0.05) is 0 Å². The number of nitrogens with two attached hydrogens (primary N) is 1. The van der Waals surface area contributed by atoms with Crippen molar-refractivity contribution < 1.29 is 8.42 Å². The Labute approximate surface area is 113 Å². The van der Waals surface area contributed by atoms with E-state index < -0.39 is 10.0 Å². The molecule has 0 fully saturated rings. The zero-order valence-corrected chi connectivity index (χ0v) is 11.6. The Balaban J connectivity index is 2.20. The molecule has 0 bridgehead atoms. The molecule has 18 heavy (non-hydrogen) atoms. The van der Waals surface area contributed by atoms with Crippen LogP contribution in [0.2, 0.25) is 0 Å². The van der Waals surface area contributed by atoms with Crippen molar-refractivity contribution in [2.75, 3.05) is 5.73 Å². The van der Waals surface area contributed by atoms with Crippen LogP contribution in [0.5, 0.6) is 0 Å². The lowest BCUT2D eigenvalue weighted by Crippen LogP contribution is -2.23. The molecule has 1 aromatic heterocycles. The van der Waals surface area contributed by atoms with Gasteiger partial charge < -0.3 is 10.7 Å². The Bertz CT molecular complexity index is 640. The molecule has 0 radical (unpaired) electrons. The fourth-order valence-corrected chi connectivity index (χ4v) is 3.47. The van der Waals surface area contributed by atoms with Gasteiger partial charge in [-0.2, -0.15) is 0 Å². The van der Waals surface area contributed by atoms with Gasteiger partial charge in [0.2, 0.25) is 10.0 Å². The lowest BCUT2D eigenvalue weighted by Gasteiger charge is -2.08. The summed E-state index contributed by atoms with van der Waals surface area (Å²) in [7, 11) is -3.58. The molecule has 0 spiro atoms. The van der Waals surface area contributed by atoms with E-state index in [4.69, 9.17) is 5.73 Å². The number of nitrogen functional groups attached to an aromatic ring is 1. The predicted molar refractivity (Wildman–Crippen MR) is 71.2 cm³/mol. The summed E-state index contributed by atoms with van der Waals surface area (Å²) in [5, 5.41) is 0. The molecular formula is C10H11BrN4O2S. The first-order valence-electron chi connectivity index (χ1n) is 5.01. The van der Waals surface area contributed by atoms with Crippen LogP contribution in [0.3, 0.4) is 0 Å². The van der Waals surface area contributed by atoms with E-state index in [0.29, 0.717) is 15.9 Å². The molecular weight excluding hydrogens is 320 g/mol. The van der Waals surface area contributed by atoms with Gasteiger partial charge in [0.25, 0.3) is 0 Å². The SMILES string of the molecule is Nc1ccc(S(=O)(=O)NCc2cnc[nH]2)c(Br)c1. The molecule has 0 aliphatic rings. The lowest BCUT2D eigenvalue weighted by atomic mass is 10.3. The average Bonchev–Trinajstić information content (AvgIpc) is 2.78. The van der Waals surface area contributed by atoms with Crippen molar-refractivity contribution in [2.24, 2.45) is 0 Å². The number of benzene rings is 1. The van der Waals surface area contributed by atoms with Gasteiger partial charge in [-0.3, -0.25) is 0 Å². The number of H-pyrrole nitrogens is 1. The lowest BCUT2D eigenvalue weighted by molar-refractivity contribution is 0.580. The Morgan fingerprint density at radius 3 is 2.83 bits per heavy atom. The van der Waals surface area contributed by atoms with Gasteiger partial charge in [0.05, 0.1) is 17.8 Å². The Morgan fingerprint density at radius 2 is 2.22 bits per heavy atom. The summed E-state index contributed by atoms with van der Waals surface area (Å²) >= 11 is 3.18.